The molecule has 0 bridgehead atoms. The van der Waals surface area contributed by atoms with Crippen molar-refractivity contribution >= 4 is 5.97 Å². The average molecular weight is 160 g/mol. The summed E-state index contributed by atoms with van der Waals surface area (Å²) in [5.74, 6) is -0.579. The smallest absolute Gasteiger partial charge is 0.312 e. The molecule has 5 nitrogen and oxygen atoms in total. The Morgan fingerprint density at radius 1 is 1.82 bits per heavy atom. The third-order valence-corrected chi connectivity index (χ3v) is 1.01. The van der Waals surface area contributed by atoms with Gasteiger partial charge >= 0.3 is 5.97 Å². The van der Waals surface area contributed by atoms with Gasteiger partial charge in [0, 0.05) is 11.8 Å². The van der Waals surface area contributed by atoms with Gasteiger partial charge in [0.05, 0.1) is 6.61 Å². The van der Waals surface area contributed by atoms with Gasteiger partial charge in [-0.3, -0.25) is 14.9 Å². The van der Waals surface area contributed by atoms with Gasteiger partial charge in [-0.05, 0) is 6.92 Å². The molecule has 0 saturated carbocycles. The van der Waals surface area contributed by atoms with Crippen LogP contribution in [0.1, 0.15) is 13.3 Å². The monoisotopic (exact) mass is 160 g/mol. The van der Waals surface area contributed by atoms with Crippen molar-refractivity contribution < 1.29 is 14.5 Å². The van der Waals surface area contributed by atoms with Gasteiger partial charge in [0.1, 0.15) is 6.42 Å². The maximum absolute atomic E-state index is 10.6. The van der Waals surface area contributed by atoms with Crippen LogP contribution >= 0.6 is 0 Å². The van der Waals surface area contributed by atoms with Crippen molar-refractivity contribution in [1.29, 1.82) is 0 Å². The van der Waals surface area contributed by atoms with Gasteiger partial charge in [-0.25, -0.2) is 0 Å². The summed E-state index contributed by atoms with van der Waals surface area (Å²) in [7, 11) is 0. The predicted molar refractivity (Wildman–Crippen MR) is 37.4 cm³/mol. The molecule has 0 aromatic heterocycles. The van der Waals surface area contributed by atoms with E-state index in [1.165, 1.54) is 0 Å². The van der Waals surface area contributed by atoms with Crippen LogP contribution in [0.2, 0.25) is 0 Å². The second-order valence-electron chi connectivity index (χ2n) is 1.95. The molecule has 0 rings (SSSR count). The summed E-state index contributed by atoms with van der Waals surface area (Å²) in [6, 6.07) is -1.10. The molecule has 0 aliphatic heterocycles. The molecule has 1 atom stereocenters. The zero-order valence-electron chi connectivity index (χ0n) is 6.28. The standard InChI is InChI=1S/C6H10NO4/c1-3-11-6(8)4-5(2)7(9)10/h5H,2-4H2,1H3. The SMILES string of the molecule is [CH2]C(CC(=O)OCC)[N+](=O)[O-]. The first-order valence-corrected chi connectivity index (χ1v) is 3.20. The minimum absolute atomic E-state index is 0.239. The number of hydrogen-bond donors (Lipinski definition) is 0. The maximum atomic E-state index is 10.6. The highest BCUT2D eigenvalue weighted by Crippen LogP contribution is 1.96. The third-order valence-electron chi connectivity index (χ3n) is 1.01. The van der Waals surface area contributed by atoms with Crippen molar-refractivity contribution in [3.63, 3.8) is 0 Å². The Balaban J connectivity index is 3.66. The fourth-order valence-corrected chi connectivity index (χ4v) is 0.487. The molecule has 0 N–H and O–H groups in total. The Kier molecular flexibility index (Phi) is 4.17. The molecule has 11 heavy (non-hydrogen) atoms. The first-order valence-electron chi connectivity index (χ1n) is 3.20. The Hall–Kier alpha value is -1.13. The molecule has 0 aliphatic carbocycles. The molecule has 0 aromatic rings. The average Bonchev–Trinajstić information content (AvgIpc) is 1.87. The van der Waals surface area contributed by atoms with Crippen molar-refractivity contribution in [2.24, 2.45) is 0 Å². The molecule has 0 fully saturated rings. The van der Waals surface area contributed by atoms with Crippen LogP contribution in [0.15, 0.2) is 0 Å². The number of carbonyl (C=O) groups is 1. The number of nitro groups is 1. The lowest BCUT2D eigenvalue weighted by Gasteiger charge is -2.02. The normalized spacial score (nSPS) is 12.2. The van der Waals surface area contributed by atoms with E-state index in [2.05, 4.69) is 11.7 Å². The van der Waals surface area contributed by atoms with Crippen LogP contribution in [-0.2, 0) is 9.53 Å². The van der Waals surface area contributed by atoms with Gasteiger partial charge in [0.2, 0.25) is 6.04 Å². The van der Waals surface area contributed by atoms with Crippen LogP contribution in [0.4, 0.5) is 0 Å². The molecule has 0 spiro atoms. The van der Waals surface area contributed by atoms with Crippen molar-refractivity contribution in [2.45, 2.75) is 19.4 Å². The molecule has 63 valence electrons. The molecule has 1 radical (unpaired) electrons. The van der Waals surface area contributed by atoms with Crippen LogP contribution in [-0.4, -0.2) is 23.5 Å². The fourth-order valence-electron chi connectivity index (χ4n) is 0.487. The van der Waals surface area contributed by atoms with Crippen molar-refractivity contribution in [3.05, 3.63) is 17.0 Å². The van der Waals surface area contributed by atoms with Crippen LogP contribution < -0.4 is 0 Å². The van der Waals surface area contributed by atoms with Gasteiger partial charge in [0.25, 0.3) is 0 Å². The van der Waals surface area contributed by atoms with Crippen LogP contribution in [0, 0.1) is 17.0 Å². The number of esters is 1. The summed E-state index contributed by atoms with van der Waals surface area (Å²) in [5.41, 5.74) is 0. The lowest BCUT2D eigenvalue weighted by atomic mass is 10.2. The van der Waals surface area contributed by atoms with E-state index < -0.39 is 16.9 Å². The zero-order valence-corrected chi connectivity index (χ0v) is 6.28. The number of hydrogen-bond acceptors (Lipinski definition) is 4. The maximum Gasteiger partial charge on any atom is 0.312 e. The summed E-state index contributed by atoms with van der Waals surface area (Å²) >= 11 is 0. The quantitative estimate of drug-likeness (QED) is 0.339. The number of nitrogens with zero attached hydrogens (tertiary/aromatic N) is 1. The fraction of sp³-hybridized carbons (Fsp3) is 0.667. The summed E-state index contributed by atoms with van der Waals surface area (Å²) in [4.78, 5) is 20.0. The highest BCUT2D eigenvalue weighted by atomic mass is 16.6. The molecule has 1 unspecified atom stereocenters. The van der Waals surface area contributed by atoms with E-state index in [9.17, 15) is 14.9 Å². The summed E-state index contributed by atoms with van der Waals surface area (Å²) < 4.78 is 4.48. The Labute approximate surface area is 64.5 Å². The Morgan fingerprint density at radius 3 is 2.73 bits per heavy atom. The molecule has 0 saturated heterocycles. The second-order valence-corrected chi connectivity index (χ2v) is 1.95. The summed E-state index contributed by atoms with van der Waals surface area (Å²) in [6.45, 7) is 5.04. The van der Waals surface area contributed by atoms with E-state index >= 15 is 0 Å². The molecule has 5 heteroatoms. The van der Waals surface area contributed by atoms with Crippen molar-refractivity contribution in [2.75, 3.05) is 6.61 Å². The first kappa shape index (κ1) is 9.87. The van der Waals surface area contributed by atoms with Crippen molar-refractivity contribution in [3.8, 4) is 0 Å². The van der Waals surface area contributed by atoms with E-state index in [0.717, 1.165) is 0 Å². The van der Waals surface area contributed by atoms with Crippen LogP contribution in [0.25, 0.3) is 0 Å². The molecule has 0 amide bonds. The van der Waals surface area contributed by atoms with Gasteiger partial charge < -0.3 is 4.74 Å². The second kappa shape index (κ2) is 4.65. The van der Waals surface area contributed by atoms with Crippen LogP contribution in [0.5, 0.6) is 0 Å². The van der Waals surface area contributed by atoms with Gasteiger partial charge in [-0.2, -0.15) is 0 Å². The van der Waals surface area contributed by atoms with Crippen molar-refractivity contribution in [1.82, 2.24) is 0 Å². The summed E-state index contributed by atoms with van der Waals surface area (Å²) in [6.07, 6.45) is -0.263. The van der Waals surface area contributed by atoms with Gasteiger partial charge in [0.15, 0.2) is 0 Å². The van der Waals surface area contributed by atoms with E-state index in [1.54, 1.807) is 6.92 Å². The molecular weight excluding hydrogens is 150 g/mol. The van der Waals surface area contributed by atoms with Gasteiger partial charge in [-0.1, -0.05) is 0 Å². The first-order chi connectivity index (χ1) is 5.07. The van der Waals surface area contributed by atoms with Crippen LogP contribution in [0.3, 0.4) is 0 Å². The predicted octanol–water partition coefficient (Wildman–Crippen LogP) is 0.419. The zero-order chi connectivity index (χ0) is 8.85. The van der Waals surface area contributed by atoms with E-state index in [1.807, 2.05) is 0 Å². The van der Waals surface area contributed by atoms with E-state index in [-0.39, 0.29) is 13.0 Å². The molecular formula is C6H10NO4. The minimum atomic E-state index is -1.10. The highest BCUT2D eigenvalue weighted by Gasteiger charge is 2.18. The number of carbonyl (C=O) groups excluding carboxylic acids is 1. The lowest BCUT2D eigenvalue weighted by molar-refractivity contribution is -0.509. The minimum Gasteiger partial charge on any atom is -0.466 e. The molecule has 0 aromatic carbocycles. The number of ether oxygens (including phenoxy) is 1. The topological polar surface area (TPSA) is 69.4 Å². The van der Waals surface area contributed by atoms with Gasteiger partial charge in [-0.15, -0.1) is 0 Å². The highest BCUT2D eigenvalue weighted by molar-refractivity contribution is 5.69. The van der Waals surface area contributed by atoms with E-state index in [0.29, 0.717) is 0 Å². The Bertz CT molecular complexity index is 157. The lowest BCUT2D eigenvalue weighted by Crippen LogP contribution is -2.21. The third kappa shape index (κ3) is 4.30. The van der Waals surface area contributed by atoms with E-state index in [4.69, 9.17) is 0 Å². The molecule has 0 heterocycles. The Morgan fingerprint density at radius 2 is 2.36 bits per heavy atom. The summed E-state index contributed by atoms with van der Waals surface area (Å²) in [5, 5.41) is 9.97. The molecule has 0 aliphatic rings. The largest absolute Gasteiger partial charge is 0.466 e. The number of rotatable bonds is 4.